The van der Waals surface area contributed by atoms with Crippen molar-refractivity contribution in [2.75, 3.05) is 18.9 Å². The van der Waals surface area contributed by atoms with Gasteiger partial charge in [0.1, 0.15) is 5.00 Å². The van der Waals surface area contributed by atoms with Crippen LogP contribution in [0.1, 0.15) is 55.6 Å². The predicted octanol–water partition coefficient (Wildman–Crippen LogP) is 2.55. The number of aliphatic hydroxyl groups is 1. The third-order valence-electron chi connectivity index (χ3n) is 3.33. The number of hydrogen-bond donors (Lipinski definition) is 3. The van der Waals surface area contributed by atoms with Crippen molar-refractivity contribution in [1.82, 2.24) is 9.69 Å². The van der Waals surface area contributed by atoms with Gasteiger partial charge in [0.15, 0.2) is 0 Å². The van der Waals surface area contributed by atoms with Crippen molar-refractivity contribution >= 4 is 22.4 Å². The van der Waals surface area contributed by atoms with Gasteiger partial charge in [-0.2, -0.15) is 4.37 Å². The Hall–Kier alpha value is -1.14. The van der Waals surface area contributed by atoms with Crippen LogP contribution < -0.4 is 10.6 Å². The lowest BCUT2D eigenvalue weighted by Crippen LogP contribution is -2.43. The molecule has 0 aliphatic rings. The molecule has 0 unspecified atom stereocenters. The van der Waals surface area contributed by atoms with Crippen LogP contribution >= 0.6 is 11.5 Å². The minimum atomic E-state index is -0.809. The average molecular weight is 299 g/mol. The molecule has 1 heterocycles. The number of hydrogen-bond acceptors (Lipinski definition) is 5. The lowest BCUT2D eigenvalue weighted by molar-refractivity contribution is 0.0213. The zero-order valence-electron chi connectivity index (χ0n) is 12.7. The van der Waals surface area contributed by atoms with Gasteiger partial charge in [-0.05, 0) is 31.3 Å². The van der Waals surface area contributed by atoms with E-state index < -0.39 is 5.60 Å². The zero-order chi connectivity index (χ0) is 15.2. The lowest BCUT2D eigenvalue weighted by Gasteiger charge is -2.27. The number of carbonyl (C=O) groups excluding carboxylic acids is 1. The minimum Gasteiger partial charge on any atom is -0.388 e. The summed E-state index contributed by atoms with van der Waals surface area (Å²) in [5.41, 5.74) is 0.482. The van der Waals surface area contributed by atoms with Gasteiger partial charge in [0, 0.05) is 13.6 Å². The number of anilines is 1. The Kier molecular flexibility index (Phi) is 6.42. The molecule has 1 rings (SSSR count). The maximum absolute atomic E-state index is 12.3. The van der Waals surface area contributed by atoms with Crippen LogP contribution in [-0.4, -0.2) is 34.6 Å². The highest BCUT2D eigenvalue weighted by atomic mass is 32.1. The fraction of sp³-hybridized carbons (Fsp3) is 0.714. The first-order valence-electron chi connectivity index (χ1n) is 7.12. The molecule has 0 atom stereocenters. The summed E-state index contributed by atoms with van der Waals surface area (Å²) in [7, 11) is 1.77. The summed E-state index contributed by atoms with van der Waals surface area (Å²) in [5, 5.41) is 17.1. The van der Waals surface area contributed by atoms with Crippen LogP contribution in [0.5, 0.6) is 0 Å². The van der Waals surface area contributed by atoms with Crippen molar-refractivity contribution in [2.24, 2.45) is 0 Å². The second-order valence-corrected chi connectivity index (χ2v) is 5.90. The molecule has 0 aromatic carbocycles. The number of rotatable bonds is 8. The van der Waals surface area contributed by atoms with Gasteiger partial charge in [-0.25, -0.2) is 0 Å². The second-order valence-electron chi connectivity index (χ2n) is 5.13. The highest BCUT2D eigenvalue weighted by molar-refractivity contribution is 7.10. The average Bonchev–Trinajstić information content (AvgIpc) is 2.78. The van der Waals surface area contributed by atoms with Gasteiger partial charge in [0.2, 0.25) is 0 Å². The van der Waals surface area contributed by atoms with Gasteiger partial charge >= 0.3 is 0 Å². The number of nitrogens with one attached hydrogen (secondary N) is 2. The van der Waals surface area contributed by atoms with Crippen LogP contribution in [0.15, 0.2) is 0 Å². The Balaban J connectivity index is 2.72. The van der Waals surface area contributed by atoms with Gasteiger partial charge in [0.25, 0.3) is 5.91 Å². The summed E-state index contributed by atoms with van der Waals surface area (Å²) in [6.45, 7) is 6.17. The molecule has 114 valence electrons. The van der Waals surface area contributed by atoms with E-state index in [0.29, 0.717) is 24.1 Å². The molecule has 1 aromatic rings. The van der Waals surface area contributed by atoms with Crippen molar-refractivity contribution in [3.05, 3.63) is 11.3 Å². The first-order chi connectivity index (χ1) is 9.47. The monoisotopic (exact) mass is 299 g/mol. The molecule has 0 aliphatic heterocycles. The van der Waals surface area contributed by atoms with Gasteiger partial charge < -0.3 is 15.7 Å². The Labute approximate surface area is 125 Å². The Morgan fingerprint density at radius 3 is 2.45 bits per heavy atom. The molecule has 1 amide bonds. The summed E-state index contributed by atoms with van der Waals surface area (Å²) in [5.74, 6) is -0.175. The van der Waals surface area contributed by atoms with E-state index >= 15 is 0 Å². The number of aromatic nitrogens is 1. The Morgan fingerprint density at radius 1 is 1.35 bits per heavy atom. The molecule has 0 fully saturated rings. The molecule has 0 saturated carbocycles. The highest BCUT2D eigenvalue weighted by Gasteiger charge is 2.27. The van der Waals surface area contributed by atoms with Gasteiger partial charge in [0.05, 0.1) is 16.9 Å². The molecule has 0 spiro atoms. The first kappa shape index (κ1) is 16.9. The molecular weight excluding hydrogens is 274 g/mol. The molecule has 6 heteroatoms. The van der Waals surface area contributed by atoms with Gasteiger partial charge in [-0.15, -0.1) is 0 Å². The van der Waals surface area contributed by atoms with Crippen LogP contribution in [0.2, 0.25) is 0 Å². The number of aryl methyl sites for hydroxylation is 1. The zero-order valence-corrected chi connectivity index (χ0v) is 13.6. The standard InChI is InChI=1S/C14H25N3O2S/c1-5-7-14(19,8-6-2)9-16-12(18)11-10(3)17-20-13(11)15-4/h15,19H,5-9H2,1-4H3,(H,16,18). The summed E-state index contributed by atoms with van der Waals surface area (Å²) in [6.07, 6.45) is 3.18. The summed E-state index contributed by atoms with van der Waals surface area (Å²) in [4.78, 5) is 12.3. The van der Waals surface area contributed by atoms with E-state index in [9.17, 15) is 9.90 Å². The van der Waals surface area contributed by atoms with Crippen molar-refractivity contribution in [1.29, 1.82) is 0 Å². The van der Waals surface area contributed by atoms with Crippen LogP contribution in [0.4, 0.5) is 5.00 Å². The van der Waals surface area contributed by atoms with Crippen LogP contribution in [0.3, 0.4) is 0 Å². The number of nitrogens with zero attached hydrogens (tertiary/aromatic N) is 1. The number of carbonyl (C=O) groups is 1. The normalized spacial score (nSPS) is 11.4. The van der Waals surface area contributed by atoms with Crippen molar-refractivity contribution in [3.8, 4) is 0 Å². The molecule has 1 aromatic heterocycles. The third-order valence-corrected chi connectivity index (χ3v) is 4.28. The first-order valence-corrected chi connectivity index (χ1v) is 7.89. The Morgan fingerprint density at radius 2 is 1.95 bits per heavy atom. The molecule has 0 aliphatic carbocycles. The maximum atomic E-state index is 12.3. The second kappa shape index (κ2) is 7.59. The van der Waals surface area contributed by atoms with E-state index in [0.717, 1.165) is 17.8 Å². The van der Waals surface area contributed by atoms with E-state index in [1.165, 1.54) is 11.5 Å². The number of amides is 1. The summed E-state index contributed by atoms with van der Waals surface area (Å²) in [6, 6.07) is 0. The summed E-state index contributed by atoms with van der Waals surface area (Å²) >= 11 is 1.27. The van der Waals surface area contributed by atoms with E-state index in [1.807, 2.05) is 20.8 Å². The minimum absolute atomic E-state index is 0.175. The molecule has 0 saturated heterocycles. The molecule has 20 heavy (non-hydrogen) atoms. The third kappa shape index (κ3) is 4.18. The predicted molar refractivity (Wildman–Crippen MR) is 83.5 cm³/mol. The lowest BCUT2D eigenvalue weighted by atomic mass is 9.92. The van der Waals surface area contributed by atoms with E-state index in [1.54, 1.807) is 7.05 Å². The van der Waals surface area contributed by atoms with Crippen LogP contribution in [0, 0.1) is 6.92 Å². The molecular formula is C14H25N3O2S. The molecule has 0 radical (unpaired) electrons. The Bertz CT molecular complexity index is 440. The summed E-state index contributed by atoms with van der Waals surface area (Å²) < 4.78 is 4.18. The van der Waals surface area contributed by atoms with E-state index in [-0.39, 0.29) is 12.5 Å². The van der Waals surface area contributed by atoms with Crippen LogP contribution in [0.25, 0.3) is 0 Å². The molecule has 5 nitrogen and oxygen atoms in total. The SMILES string of the molecule is CCCC(O)(CCC)CNC(=O)c1c(C)nsc1NC. The van der Waals surface area contributed by atoms with Crippen molar-refractivity contribution < 1.29 is 9.90 Å². The van der Waals surface area contributed by atoms with E-state index in [4.69, 9.17) is 0 Å². The van der Waals surface area contributed by atoms with Crippen molar-refractivity contribution in [2.45, 2.75) is 52.1 Å². The smallest absolute Gasteiger partial charge is 0.256 e. The maximum Gasteiger partial charge on any atom is 0.256 e. The topological polar surface area (TPSA) is 74.2 Å². The largest absolute Gasteiger partial charge is 0.388 e. The highest BCUT2D eigenvalue weighted by Crippen LogP contribution is 2.24. The van der Waals surface area contributed by atoms with Gasteiger partial charge in [-0.1, -0.05) is 26.7 Å². The van der Waals surface area contributed by atoms with Crippen molar-refractivity contribution in [3.63, 3.8) is 0 Å². The quantitative estimate of drug-likeness (QED) is 0.689. The molecule has 0 bridgehead atoms. The fourth-order valence-corrected chi connectivity index (χ4v) is 3.12. The van der Waals surface area contributed by atoms with E-state index in [2.05, 4.69) is 15.0 Å². The fourth-order valence-electron chi connectivity index (χ4n) is 2.37. The van der Waals surface area contributed by atoms with Gasteiger partial charge in [-0.3, -0.25) is 4.79 Å². The molecule has 3 N–H and O–H groups in total. The van der Waals surface area contributed by atoms with Crippen LogP contribution in [-0.2, 0) is 0 Å².